The number of ether oxygens (including phenoxy) is 1. The summed E-state index contributed by atoms with van der Waals surface area (Å²) >= 11 is 1.79. The highest BCUT2D eigenvalue weighted by atomic mass is 32.1. The van der Waals surface area contributed by atoms with Gasteiger partial charge in [0.2, 0.25) is 0 Å². The third kappa shape index (κ3) is 3.39. The molecule has 1 saturated carbocycles. The van der Waals surface area contributed by atoms with Crippen LogP contribution < -0.4 is 5.32 Å². The van der Waals surface area contributed by atoms with Crippen molar-refractivity contribution < 1.29 is 4.74 Å². The summed E-state index contributed by atoms with van der Waals surface area (Å²) in [7, 11) is 0. The van der Waals surface area contributed by atoms with E-state index in [1.165, 1.54) is 44.1 Å². The molecule has 3 heteroatoms. The van der Waals surface area contributed by atoms with Gasteiger partial charge in [-0.15, -0.1) is 0 Å². The lowest BCUT2D eigenvalue weighted by Gasteiger charge is -2.24. The van der Waals surface area contributed by atoms with E-state index >= 15 is 0 Å². The molecule has 1 aromatic rings. The fourth-order valence-corrected chi connectivity index (χ4v) is 4.28. The van der Waals surface area contributed by atoms with E-state index < -0.39 is 0 Å². The van der Waals surface area contributed by atoms with Crippen molar-refractivity contribution in [3.8, 4) is 0 Å². The first-order valence-corrected chi connectivity index (χ1v) is 8.62. The van der Waals surface area contributed by atoms with Crippen molar-refractivity contribution in [3.63, 3.8) is 0 Å². The second-order valence-electron chi connectivity index (χ2n) is 6.31. The van der Waals surface area contributed by atoms with Crippen molar-refractivity contribution in [2.24, 2.45) is 0 Å². The Morgan fingerprint density at radius 2 is 2.26 bits per heavy atom. The average Bonchev–Trinajstić information content (AvgIpc) is 3.12. The zero-order valence-electron chi connectivity index (χ0n) is 11.9. The molecule has 2 unspecified atom stereocenters. The Labute approximate surface area is 120 Å². The van der Waals surface area contributed by atoms with Crippen LogP contribution in [0.3, 0.4) is 0 Å². The normalized spacial score (nSPS) is 27.1. The van der Waals surface area contributed by atoms with Crippen LogP contribution in [0.5, 0.6) is 0 Å². The van der Waals surface area contributed by atoms with Gasteiger partial charge in [0.1, 0.15) is 0 Å². The van der Waals surface area contributed by atoms with Gasteiger partial charge in [-0.3, -0.25) is 0 Å². The van der Waals surface area contributed by atoms with Crippen LogP contribution in [0.15, 0.2) is 16.8 Å². The van der Waals surface area contributed by atoms with Gasteiger partial charge in [0.05, 0.1) is 11.7 Å². The predicted molar refractivity (Wildman–Crippen MR) is 80.8 cm³/mol. The lowest BCUT2D eigenvalue weighted by Crippen LogP contribution is -2.36. The molecule has 1 spiro atoms. The number of nitrogens with one attached hydrogen (secondary N) is 1. The van der Waals surface area contributed by atoms with Gasteiger partial charge in [0.25, 0.3) is 0 Å². The smallest absolute Gasteiger partial charge is 0.0708 e. The van der Waals surface area contributed by atoms with Crippen LogP contribution in [0.1, 0.15) is 51.0 Å². The molecular formula is C16H25NOS. The molecule has 2 heterocycles. The predicted octanol–water partition coefficient (Wildman–Crippen LogP) is 3.76. The van der Waals surface area contributed by atoms with Crippen LogP contribution in [-0.2, 0) is 11.2 Å². The summed E-state index contributed by atoms with van der Waals surface area (Å²) in [5.74, 6) is 0. The SMILES string of the molecule is CC(Cc1ccsc1)NCC1CCC2(CCCC2)O1. The second kappa shape index (κ2) is 5.94. The minimum absolute atomic E-state index is 0.281. The molecule has 3 rings (SSSR count). The van der Waals surface area contributed by atoms with E-state index in [1.54, 1.807) is 11.3 Å². The molecule has 0 bridgehead atoms. The van der Waals surface area contributed by atoms with Crippen LogP contribution in [0.25, 0.3) is 0 Å². The standard InChI is InChI=1S/C16H25NOS/c1-13(10-14-5-9-19-12-14)17-11-15-4-8-16(18-15)6-2-3-7-16/h5,9,12-13,15,17H,2-4,6-8,10-11H2,1H3. The minimum atomic E-state index is 0.281. The molecule has 1 N–H and O–H groups in total. The molecule has 1 saturated heterocycles. The first-order valence-electron chi connectivity index (χ1n) is 7.68. The highest BCUT2D eigenvalue weighted by Gasteiger charge is 2.41. The number of hydrogen-bond acceptors (Lipinski definition) is 3. The first-order chi connectivity index (χ1) is 9.26. The summed E-state index contributed by atoms with van der Waals surface area (Å²) in [6.45, 7) is 3.30. The molecule has 0 amide bonds. The quantitative estimate of drug-likeness (QED) is 0.886. The Morgan fingerprint density at radius 3 is 3.00 bits per heavy atom. The van der Waals surface area contributed by atoms with Gasteiger partial charge in [-0.1, -0.05) is 12.8 Å². The summed E-state index contributed by atoms with van der Waals surface area (Å²) in [5, 5.41) is 8.06. The molecular weight excluding hydrogens is 254 g/mol. The van der Waals surface area contributed by atoms with E-state index in [-0.39, 0.29) is 5.60 Å². The molecule has 1 aliphatic carbocycles. The zero-order valence-corrected chi connectivity index (χ0v) is 12.7. The van der Waals surface area contributed by atoms with Crippen LogP contribution in [-0.4, -0.2) is 24.3 Å². The van der Waals surface area contributed by atoms with Crippen LogP contribution in [0.4, 0.5) is 0 Å². The van der Waals surface area contributed by atoms with Crippen molar-refractivity contribution in [2.75, 3.05) is 6.54 Å². The molecule has 2 atom stereocenters. The maximum absolute atomic E-state index is 6.34. The highest BCUT2D eigenvalue weighted by Crippen LogP contribution is 2.43. The van der Waals surface area contributed by atoms with Gasteiger partial charge >= 0.3 is 0 Å². The third-order valence-electron chi connectivity index (χ3n) is 4.67. The topological polar surface area (TPSA) is 21.3 Å². The maximum Gasteiger partial charge on any atom is 0.0708 e. The van der Waals surface area contributed by atoms with Gasteiger partial charge in [0, 0.05) is 12.6 Å². The second-order valence-corrected chi connectivity index (χ2v) is 7.09. The van der Waals surface area contributed by atoms with Gasteiger partial charge in [-0.2, -0.15) is 11.3 Å². The summed E-state index contributed by atoms with van der Waals surface area (Å²) < 4.78 is 6.34. The Kier molecular flexibility index (Phi) is 4.25. The van der Waals surface area contributed by atoms with Crippen molar-refractivity contribution in [3.05, 3.63) is 22.4 Å². The summed E-state index contributed by atoms with van der Waals surface area (Å²) in [4.78, 5) is 0. The Hall–Kier alpha value is -0.380. The lowest BCUT2D eigenvalue weighted by molar-refractivity contribution is -0.0357. The molecule has 1 aliphatic heterocycles. The molecule has 19 heavy (non-hydrogen) atoms. The molecule has 0 aromatic carbocycles. The molecule has 106 valence electrons. The number of thiophene rings is 1. The lowest BCUT2D eigenvalue weighted by atomic mass is 9.98. The van der Waals surface area contributed by atoms with E-state index in [1.807, 2.05) is 0 Å². The Morgan fingerprint density at radius 1 is 1.42 bits per heavy atom. The van der Waals surface area contributed by atoms with Crippen LogP contribution in [0.2, 0.25) is 0 Å². The van der Waals surface area contributed by atoms with Gasteiger partial charge in [-0.05, 0) is 61.4 Å². The van der Waals surface area contributed by atoms with E-state index in [2.05, 4.69) is 29.1 Å². The molecule has 2 nitrogen and oxygen atoms in total. The van der Waals surface area contributed by atoms with Crippen LogP contribution in [0, 0.1) is 0 Å². The summed E-state index contributed by atoms with van der Waals surface area (Å²) in [6, 6.07) is 2.76. The summed E-state index contributed by atoms with van der Waals surface area (Å²) in [6.07, 6.45) is 9.45. The number of rotatable bonds is 5. The Bertz CT molecular complexity index is 383. The van der Waals surface area contributed by atoms with Gasteiger partial charge < -0.3 is 10.1 Å². The van der Waals surface area contributed by atoms with Gasteiger partial charge in [-0.25, -0.2) is 0 Å². The fourth-order valence-electron chi connectivity index (χ4n) is 3.59. The largest absolute Gasteiger partial charge is 0.370 e. The number of hydrogen-bond donors (Lipinski definition) is 1. The van der Waals surface area contributed by atoms with Gasteiger partial charge in [0.15, 0.2) is 0 Å². The fraction of sp³-hybridized carbons (Fsp3) is 0.750. The summed E-state index contributed by atoms with van der Waals surface area (Å²) in [5.41, 5.74) is 1.73. The molecule has 2 aliphatic rings. The Balaban J connectivity index is 1.40. The molecule has 0 radical (unpaired) electrons. The minimum Gasteiger partial charge on any atom is -0.370 e. The molecule has 2 fully saturated rings. The first kappa shape index (κ1) is 13.6. The monoisotopic (exact) mass is 279 g/mol. The van der Waals surface area contributed by atoms with Crippen molar-refractivity contribution >= 4 is 11.3 Å². The third-order valence-corrected chi connectivity index (χ3v) is 5.40. The van der Waals surface area contributed by atoms with Crippen LogP contribution >= 0.6 is 11.3 Å². The van der Waals surface area contributed by atoms with Crippen molar-refractivity contribution in [2.45, 2.75) is 69.6 Å². The highest BCUT2D eigenvalue weighted by molar-refractivity contribution is 7.07. The average molecular weight is 279 g/mol. The van der Waals surface area contributed by atoms with Crippen molar-refractivity contribution in [1.29, 1.82) is 0 Å². The van der Waals surface area contributed by atoms with E-state index in [4.69, 9.17) is 4.74 Å². The van der Waals surface area contributed by atoms with Crippen molar-refractivity contribution in [1.82, 2.24) is 5.32 Å². The van der Waals surface area contributed by atoms with E-state index in [0.29, 0.717) is 12.1 Å². The van der Waals surface area contributed by atoms with E-state index in [0.717, 1.165) is 13.0 Å². The van der Waals surface area contributed by atoms with E-state index in [9.17, 15) is 0 Å². The maximum atomic E-state index is 6.34. The zero-order chi connectivity index (χ0) is 13.1. The molecule has 1 aromatic heterocycles.